The van der Waals surface area contributed by atoms with Crippen LogP contribution in [0, 0.1) is 0 Å². The van der Waals surface area contributed by atoms with Crippen LogP contribution in [0.5, 0.6) is 6.01 Å². The Morgan fingerprint density at radius 3 is 2.33 bits per heavy atom. The second-order valence-corrected chi connectivity index (χ2v) is 5.29. The molecule has 0 saturated carbocycles. The van der Waals surface area contributed by atoms with E-state index in [1.165, 1.54) is 24.9 Å². The van der Waals surface area contributed by atoms with E-state index in [0.29, 0.717) is 17.0 Å². The van der Waals surface area contributed by atoms with E-state index in [1.54, 1.807) is 13.1 Å². The molecule has 0 aliphatic carbocycles. The number of nitrogens with zero attached hydrogens (tertiary/aromatic N) is 4. The van der Waals surface area contributed by atoms with Gasteiger partial charge in [0.1, 0.15) is 0 Å². The highest BCUT2D eigenvalue weighted by atomic mass is 16.5. The molecule has 1 aromatic carbocycles. The molecule has 0 bridgehead atoms. The third-order valence-electron chi connectivity index (χ3n) is 3.68. The highest BCUT2D eigenvalue weighted by Gasteiger charge is 2.14. The van der Waals surface area contributed by atoms with Gasteiger partial charge in [0.05, 0.1) is 24.1 Å². The van der Waals surface area contributed by atoms with Gasteiger partial charge in [0.15, 0.2) is 0 Å². The summed E-state index contributed by atoms with van der Waals surface area (Å²) in [5, 5.41) is 0. The molecular weight excluding hydrogens is 308 g/mol. The van der Waals surface area contributed by atoms with Crippen molar-refractivity contribution in [3.63, 3.8) is 0 Å². The van der Waals surface area contributed by atoms with Crippen molar-refractivity contribution < 1.29 is 4.74 Å². The van der Waals surface area contributed by atoms with Crippen molar-refractivity contribution in [3.8, 4) is 28.5 Å². The van der Waals surface area contributed by atoms with Gasteiger partial charge in [-0.3, -0.25) is 9.36 Å². The number of aromatic nitrogens is 4. The molecule has 0 amide bonds. The molecule has 24 heavy (non-hydrogen) atoms. The van der Waals surface area contributed by atoms with Gasteiger partial charge < -0.3 is 9.30 Å². The second kappa shape index (κ2) is 6.11. The normalized spacial score (nSPS) is 10.6. The molecule has 0 unspecified atom stereocenters. The van der Waals surface area contributed by atoms with Crippen LogP contribution in [0.3, 0.4) is 0 Å². The number of ether oxygens (including phenoxy) is 1. The third kappa shape index (κ3) is 2.71. The summed E-state index contributed by atoms with van der Waals surface area (Å²) in [7, 11) is 4.49. The molecule has 2 aromatic heterocycles. The Balaban J connectivity index is 2.27. The van der Waals surface area contributed by atoms with E-state index in [9.17, 15) is 9.59 Å². The average Bonchev–Trinajstić information content (AvgIpc) is 2.63. The maximum Gasteiger partial charge on any atom is 0.330 e. The zero-order valence-electron chi connectivity index (χ0n) is 13.6. The van der Waals surface area contributed by atoms with Crippen molar-refractivity contribution in [1.82, 2.24) is 19.1 Å². The van der Waals surface area contributed by atoms with E-state index in [2.05, 4.69) is 9.97 Å². The van der Waals surface area contributed by atoms with E-state index in [0.717, 1.165) is 10.1 Å². The molecule has 0 saturated heterocycles. The lowest BCUT2D eigenvalue weighted by Gasteiger charge is -2.09. The summed E-state index contributed by atoms with van der Waals surface area (Å²) in [5.41, 5.74) is 1.40. The molecule has 0 atom stereocenters. The molecule has 0 spiro atoms. The van der Waals surface area contributed by atoms with Crippen molar-refractivity contribution in [1.29, 1.82) is 0 Å². The smallest absolute Gasteiger partial charge is 0.330 e. The number of hydrogen-bond donors (Lipinski definition) is 0. The molecule has 122 valence electrons. The predicted octanol–water partition coefficient (Wildman–Crippen LogP) is 1.22. The molecule has 0 aliphatic rings. The van der Waals surface area contributed by atoms with Crippen molar-refractivity contribution in [2.45, 2.75) is 0 Å². The predicted molar refractivity (Wildman–Crippen MR) is 89.9 cm³/mol. The molecule has 3 rings (SSSR count). The highest BCUT2D eigenvalue weighted by Crippen LogP contribution is 2.23. The summed E-state index contributed by atoms with van der Waals surface area (Å²) in [6.45, 7) is 0. The first kappa shape index (κ1) is 15.7. The summed E-state index contributed by atoms with van der Waals surface area (Å²) in [6.07, 6.45) is 1.47. The minimum atomic E-state index is -0.419. The molecule has 3 aromatic rings. The van der Waals surface area contributed by atoms with E-state index >= 15 is 0 Å². The van der Waals surface area contributed by atoms with Gasteiger partial charge >= 0.3 is 11.7 Å². The summed E-state index contributed by atoms with van der Waals surface area (Å²) < 4.78 is 7.55. The lowest BCUT2D eigenvalue weighted by Crippen LogP contribution is -2.37. The SMILES string of the molecule is COc1nc(-c2ccccc2)cc(-c2cn(C)c(=O)n(C)c2=O)n1. The fourth-order valence-corrected chi connectivity index (χ4v) is 2.40. The van der Waals surface area contributed by atoms with Crippen LogP contribution in [0.1, 0.15) is 0 Å². The Kier molecular flexibility index (Phi) is 3.99. The first-order chi connectivity index (χ1) is 11.5. The molecule has 7 nitrogen and oxygen atoms in total. The van der Waals surface area contributed by atoms with Gasteiger partial charge in [-0.15, -0.1) is 0 Å². The van der Waals surface area contributed by atoms with Gasteiger partial charge in [0.2, 0.25) is 0 Å². The summed E-state index contributed by atoms with van der Waals surface area (Å²) in [6, 6.07) is 11.4. The lowest BCUT2D eigenvalue weighted by molar-refractivity contribution is 0.381. The van der Waals surface area contributed by atoms with Crippen molar-refractivity contribution in [3.05, 3.63) is 63.4 Å². The summed E-state index contributed by atoms with van der Waals surface area (Å²) in [4.78, 5) is 32.9. The second-order valence-electron chi connectivity index (χ2n) is 5.29. The first-order valence-electron chi connectivity index (χ1n) is 7.27. The Morgan fingerprint density at radius 2 is 1.67 bits per heavy atom. The molecule has 0 N–H and O–H groups in total. The lowest BCUT2D eigenvalue weighted by atomic mass is 10.1. The Morgan fingerprint density at radius 1 is 1.00 bits per heavy atom. The average molecular weight is 324 g/mol. The fourth-order valence-electron chi connectivity index (χ4n) is 2.40. The van der Waals surface area contributed by atoms with Crippen LogP contribution < -0.4 is 16.0 Å². The molecular formula is C17H16N4O3. The maximum absolute atomic E-state index is 12.4. The van der Waals surface area contributed by atoms with E-state index in [-0.39, 0.29) is 6.01 Å². The van der Waals surface area contributed by atoms with Crippen LogP contribution >= 0.6 is 0 Å². The van der Waals surface area contributed by atoms with E-state index in [4.69, 9.17) is 4.74 Å². The van der Waals surface area contributed by atoms with Crippen LogP contribution in [0.15, 0.2) is 52.2 Å². The summed E-state index contributed by atoms with van der Waals surface area (Å²) >= 11 is 0. The summed E-state index contributed by atoms with van der Waals surface area (Å²) in [5.74, 6) is 0. The van der Waals surface area contributed by atoms with Gasteiger partial charge in [-0.1, -0.05) is 30.3 Å². The minimum absolute atomic E-state index is 0.155. The molecule has 7 heteroatoms. The molecule has 2 heterocycles. The maximum atomic E-state index is 12.4. The molecule has 0 aliphatic heterocycles. The number of methoxy groups -OCH3 is 1. The Labute approximate surface area is 137 Å². The standard InChI is InChI=1S/C17H16N4O3/c1-20-10-12(15(22)21(2)17(20)23)14-9-13(18-16(19-14)24-3)11-7-5-4-6-8-11/h4-10H,1-3H3. The number of hydrogen-bond acceptors (Lipinski definition) is 5. The van der Waals surface area contributed by atoms with Crippen LogP contribution in [0.2, 0.25) is 0 Å². The van der Waals surface area contributed by atoms with E-state index < -0.39 is 11.2 Å². The quantitative estimate of drug-likeness (QED) is 0.724. The van der Waals surface area contributed by atoms with Crippen molar-refractivity contribution in [2.75, 3.05) is 7.11 Å². The Hall–Kier alpha value is -3.22. The van der Waals surface area contributed by atoms with Gasteiger partial charge in [0, 0.05) is 25.9 Å². The van der Waals surface area contributed by atoms with Crippen LogP contribution in [-0.4, -0.2) is 26.2 Å². The molecule has 0 radical (unpaired) electrons. The van der Waals surface area contributed by atoms with Gasteiger partial charge in [0.25, 0.3) is 5.56 Å². The number of benzene rings is 1. The van der Waals surface area contributed by atoms with Gasteiger partial charge in [-0.25, -0.2) is 4.79 Å². The zero-order chi connectivity index (χ0) is 17.3. The largest absolute Gasteiger partial charge is 0.467 e. The van der Waals surface area contributed by atoms with Crippen LogP contribution in [0.4, 0.5) is 0 Å². The van der Waals surface area contributed by atoms with Crippen molar-refractivity contribution >= 4 is 0 Å². The zero-order valence-corrected chi connectivity index (χ0v) is 13.6. The monoisotopic (exact) mass is 324 g/mol. The fraction of sp³-hybridized carbons (Fsp3) is 0.176. The first-order valence-corrected chi connectivity index (χ1v) is 7.27. The number of aryl methyl sites for hydroxylation is 1. The third-order valence-corrected chi connectivity index (χ3v) is 3.68. The van der Waals surface area contributed by atoms with E-state index in [1.807, 2.05) is 30.3 Å². The van der Waals surface area contributed by atoms with Gasteiger partial charge in [-0.2, -0.15) is 9.97 Å². The van der Waals surface area contributed by atoms with Crippen molar-refractivity contribution in [2.24, 2.45) is 14.1 Å². The number of rotatable bonds is 3. The topological polar surface area (TPSA) is 79.0 Å². The molecule has 0 fully saturated rings. The highest BCUT2D eigenvalue weighted by molar-refractivity contribution is 5.67. The van der Waals surface area contributed by atoms with Gasteiger partial charge in [-0.05, 0) is 6.07 Å². The van der Waals surface area contributed by atoms with Crippen LogP contribution in [0.25, 0.3) is 22.5 Å². The minimum Gasteiger partial charge on any atom is -0.467 e. The van der Waals surface area contributed by atoms with Crippen LogP contribution in [-0.2, 0) is 14.1 Å². The Bertz CT molecular complexity index is 1010.